The zero-order valence-corrected chi connectivity index (χ0v) is 17.2. The lowest BCUT2D eigenvalue weighted by molar-refractivity contribution is 0.181. The van der Waals surface area contributed by atoms with Crippen LogP contribution in [-0.2, 0) is 4.74 Å². The van der Waals surface area contributed by atoms with E-state index in [9.17, 15) is 9.59 Å². The molecule has 0 aliphatic carbocycles. The summed E-state index contributed by atoms with van der Waals surface area (Å²) in [5.74, 6) is 0.806. The number of nitrogens with one attached hydrogen (secondary N) is 1. The second kappa shape index (κ2) is 9.07. The molecule has 0 spiro atoms. The molecule has 2 heterocycles. The summed E-state index contributed by atoms with van der Waals surface area (Å²) in [7, 11) is 1.65. The molecule has 0 radical (unpaired) electrons. The first kappa shape index (κ1) is 20.1. The van der Waals surface area contributed by atoms with Crippen molar-refractivity contribution >= 4 is 23.5 Å². The van der Waals surface area contributed by atoms with Crippen LogP contribution in [-0.4, -0.2) is 43.8 Å². The first-order valence-electron chi connectivity index (χ1n) is 10.4. The van der Waals surface area contributed by atoms with Gasteiger partial charge in [0.2, 0.25) is 0 Å². The number of carbonyl (C=O) groups excluding carboxylic acids is 2. The fraction of sp³-hybridized carbons (Fsp3) is 0.391. The van der Waals surface area contributed by atoms with Gasteiger partial charge in [-0.25, -0.2) is 9.59 Å². The van der Waals surface area contributed by atoms with Crippen LogP contribution in [0, 0.1) is 0 Å². The molecule has 0 aromatic heterocycles. The summed E-state index contributed by atoms with van der Waals surface area (Å²) in [6.45, 7) is 1.61. The highest BCUT2D eigenvalue weighted by atomic mass is 16.6. The molecule has 2 aromatic rings. The first-order chi connectivity index (χ1) is 14.7. The molecule has 2 fully saturated rings. The summed E-state index contributed by atoms with van der Waals surface area (Å²) < 4.78 is 10.3. The fourth-order valence-corrected chi connectivity index (χ4v) is 4.10. The van der Waals surface area contributed by atoms with E-state index in [1.807, 2.05) is 53.4 Å². The number of methoxy groups -OCH3 is 1. The summed E-state index contributed by atoms with van der Waals surface area (Å²) >= 11 is 0. The highest BCUT2D eigenvalue weighted by Crippen LogP contribution is 2.32. The highest BCUT2D eigenvalue weighted by molar-refractivity contribution is 5.93. The molecule has 2 aliphatic heterocycles. The van der Waals surface area contributed by atoms with Crippen LogP contribution in [0.3, 0.4) is 0 Å². The maximum Gasteiger partial charge on any atom is 0.414 e. The monoisotopic (exact) mass is 409 g/mol. The van der Waals surface area contributed by atoms with Crippen molar-refractivity contribution < 1.29 is 19.1 Å². The number of cyclic esters (lactones) is 1. The Labute approximate surface area is 176 Å². The molecule has 2 saturated heterocycles. The van der Waals surface area contributed by atoms with Gasteiger partial charge in [-0.3, -0.25) is 4.90 Å². The Morgan fingerprint density at radius 1 is 1.10 bits per heavy atom. The van der Waals surface area contributed by atoms with Gasteiger partial charge in [0.05, 0.1) is 19.7 Å². The second-order valence-electron chi connectivity index (χ2n) is 7.58. The predicted molar refractivity (Wildman–Crippen MR) is 115 cm³/mol. The van der Waals surface area contributed by atoms with Gasteiger partial charge < -0.3 is 19.7 Å². The molecule has 1 N–H and O–H groups in total. The van der Waals surface area contributed by atoms with Gasteiger partial charge in [0, 0.05) is 17.9 Å². The molecule has 0 saturated carbocycles. The van der Waals surface area contributed by atoms with Crippen molar-refractivity contribution in [3.8, 4) is 5.75 Å². The quantitative estimate of drug-likeness (QED) is 0.787. The number of carbonyl (C=O) groups is 2. The van der Waals surface area contributed by atoms with Crippen LogP contribution < -0.4 is 15.0 Å². The van der Waals surface area contributed by atoms with E-state index >= 15 is 0 Å². The minimum Gasteiger partial charge on any atom is -0.497 e. The van der Waals surface area contributed by atoms with Crippen molar-refractivity contribution in [3.05, 3.63) is 54.1 Å². The van der Waals surface area contributed by atoms with E-state index in [4.69, 9.17) is 9.47 Å². The number of anilines is 2. The minimum atomic E-state index is -0.356. The van der Waals surface area contributed by atoms with Gasteiger partial charge in [0.1, 0.15) is 12.4 Å². The highest BCUT2D eigenvalue weighted by Gasteiger charge is 2.28. The molecule has 30 heavy (non-hydrogen) atoms. The van der Waals surface area contributed by atoms with Gasteiger partial charge in [-0.1, -0.05) is 31.0 Å². The summed E-state index contributed by atoms with van der Waals surface area (Å²) in [4.78, 5) is 28.5. The van der Waals surface area contributed by atoms with E-state index < -0.39 is 0 Å². The third kappa shape index (κ3) is 4.35. The van der Waals surface area contributed by atoms with Crippen LogP contribution in [0.2, 0.25) is 0 Å². The number of hydrogen-bond acceptors (Lipinski definition) is 4. The van der Waals surface area contributed by atoms with Gasteiger partial charge in [-0.2, -0.15) is 0 Å². The average Bonchev–Trinajstić information content (AvgIpc) is 3.05. The van der Waals surface area contributed by atoms with Gasteiger partial charge in [-0.05, 0) is 48.7 Å². The van der Waals surface area contributed by atoms with Gasteiger partial charge in [0.25, 0.3) is 0 Å². The van der Waals surface area contributed by atoms with Crippen LogP contribution >= 0.6 is 0 Å². The zero-order chi connectivity index (χ0) is 20.9. The zero-order valence-electron chi connectivity index (χ0n) is 17.2. The number of urea groups is 1. The predicted octanol–water partition coefficient (Wildman–Crippen LogP) is 4.80. The smallest absolute Gasteiger partial charge is 0.414 e. The maximum atomic E-state index is 13.2. The van der Waals surface area contributed by atoms with Crippen LogP contribution in [0.15, 0.2) is 48.5 Å². The van der Waals surface area contributed by atoms with Crippen LogP contribution in [0.25, 0.3) is 0 Å². The third-order valence-corrected chi connectivity index (χ3v) is 5.68. The van der Waals surface area contributed by atoms with Crippen molar-refractivity contribution in [1.82, 2.24) is 4.90 Å². The minimum absolute atomic E-state index is 0.0233. The molecular weight excluding hydrogens is 382 g/mol. The SMILES string of the molecule is COc1ccc(C2CCCCCN2C(=O)Nc2cccc(N3CCOC3=O)c2)cc1. The van der Waals surface area contributed by atoms with Crippen LogP contribution in [0.1, 0.15) is 37.3 Å². The first-order valence-corrected chi connectivity index (χ1v) is 10.4. The van der Waals surface area contributed by atoms with E-state index in [1.165, 1.54) is 0 Å². The lowest BCUT2D eigenvalue weighted by Gasteiger charge is -2.31. The Hall–Kier alpha value is -3.22. The number of benzene rings is 2. The molecule has 158 valence electrons. The standard InChI is InChI=1S/C23H27N3O4/c1-29-20-11-9-17(10-12-20)21-8-3-2-4-13-26(21)22(27)24-18-6-5-7-19(16-18)25-14-15-30-23(25)28/h5-7,9-12,16,21H,2-4,8,13-15H2,1H3,(H,24,27). The second-order valence-corrected chi connectivity index (χ2v) is 7.58. The molecule has 7 nitrogen and oxygen atoms in total. The van der Waals surface area contributed by atoms with Crippen LogP contribution in [0.5, 0.6) is 5.75 Å². The van der Waals surface area contributed by atoms with Crippen molar-refractivity contribution in [2.45, 2.75) is 31.7 Å². The van der Waals surface area contributed by atoms with E-state index in [-0.39, 0.29) is 18.2 Å². The van der Waals surface area contributed by atoms with Crippen molar-refractivity contribution in [2.24, 2.45) is 0 Å². The maximum absolute atomic E-state index is 13.2. The summed E-state index contributed by atoms with van der Waals surface area (Å²) in [6.07, 6.45) is 3.76. The normalized spacial score (nSPS) is 19.2. The molecule has 1 atom stereocenters. The largest absolute Gasteiger partial charge is 0.497 e. The summed E-state index contributed by atoms with van der Waals surface area (Å²) in [6, 6.07) is 15.2. The molecule has 3 amide bonds. The van der Waals surface area contributed by atoms with Crippen molar-refractivity contribution in [1.29, 1.82) is 0 Å². The summed E-state index contributed by atoms with van der Waals surface area (Å²) in [5, 5.41) is 3.02. The topological polar surface area (TPSA) is 71.1 Å². The average molecular weight is 409 g/mol. The number of amides is 3. The lowest BCUT2D eigenvalue weighted by Crippen LogP contribution is -2.38. The van der Waals surface area contributed by atoms with Gasteiger partial charge in [0.15, 0.2) is 0 Å². The Balaban J connectivity index is 1.52. The number of rotatable bonds is 4. The van der Waals surface area contributed by atoms with Crippen molar-refractivity contribution in [2.75, 3.05) is 37.0 Å². The fourth-order valence-electron chi connectivity index (χ4n) is 4.10. The molecule has 2 aliphatic rings. The van der Waals surface area contributed by atoms with Gasteiger partial charge >= 0.3 is 12.1 Å². The Kier molecular flexibility index (Phi) is 6.07. The molecule has 0 bridgehead atoms. The number of ether oxygens (including phenoxy) is 2. The number of nitrogens with zero attached hydrogens (tertiary/aromatic N) is 2. The third-order valence-electron chi connectivity index (χ3n) is 5.68. The molecule has 1 unspecified atom stereocenters. The summed E-state index contributed by atoms with van der Waals surface area (Å²) in [5.41, 5.74) is 2.49. The van der Waals surface area contributed by atoms with E-state index in [0.29, 0.717) is 25.4 Å². The van der Waals surface area contributed by atoms with Gasteiger partial charge in [-0.15, -0.1) is 0 Å². The molecular formula is C23H27N3O4. The Bertz CT molecular complexity index is 900. The van der Waals surface area contributed by atoms with E-state index in [2.05, 4.69) is 5.32 Å². The lowest BCUT2D eigenvalue weighted by atomic mass is 10.0. The van der Waals surface area contributed by atoms with E-state index in [0.717, 1.165) is 42.7 Å². The van der Waals surface area contributed by atoms with E-state index in [1.54, 1.807) is 12.0 Å². The Morgan fingerprint density at radius 2 is 1.93 bits per heavy atom. The Morgan fingerprint density at radius 3 is 2.67 bits per heavy atom. The number of likely N-dealkylation sites (tertiary alicyclic amines) is 1. The van der Waals surface area contributed by atoms with Crippen LogP contribution in [0.4, 0.5) is 21.0 Å². The number of hydrogen-bond donors (Lipinski definition) is 1. The molecule has 2 aromatic carbocycles. The molecule has 4 rings (SSSR count). The molecule has 7 heteroatoms. The van der Waals surface area contributed by atoms with Crippen molar-refractivity contribution in [3.63, 3.8) is 0 Å².